The van der Waals surface area contributed by atoms with Gasteiger partial charge in [-0.25, -0.2) is 8.42 Å². The summed E-state index contributed by atoms with van der Waals surface area (Å²) in [4.78, 5) is 14.6. The summed E-state index contributed by atoms with van der Waals surface area (Å²) >= 11 is 1.19. The van der Waals surface area contributed by atoms with E-state index in [1.165, 1.54) is 11.3 Å². The van der Waals surface area contributed by atoms with Crippen molar-refractivity contribution in [3.63, 3.8) is 0 Å². The van der Waals surface area contributed by atoms with Crippen molar-refractivity contribution < 1.29 is 13.2 Å². The molecule has 3 rings (SSSR count). The lowest BCUT2D eigenvalue weighted by Crippen LogP contribution is -2.45. The third-order valence-corrected chi connectivity index (χ3v) is 6.49. The third-order valence-electron chi connectivity index (χ3n) is 3.71. The molecule has 2 aromatic rings. The van der Waals surface area contributed by atoms with E-state index >= 15 is 0 Å². The highest BCUT2D eigenvalue weighted by molar-refractivity contribution is 7.94. The first-order valence-corrected chi connectivity index (χ1v) is 9.55. The average Bonchev–Trinajstić information content (AvgIpc) is 3.11. The SMILES string of the molecule is O=CN1CCN(c2ccc(NS(=O)(=O)c3cccs3)cc2)CC1. The van der Waals surface area contributed by atoms with E-state index in [9.17, 15) is 13.2 Å². The van der Waals surface area contributed by atoms with E-state index < -0.39 is 10.0 Å². The Balaban J connectivity index is 1.67. The Morgan fingerprint density at radius 1 is 1.04 bits per heavy atom. The minimum Gasteiger partial charge on any atom is -0.368 e. The van der Waals surface area contributed by atoms with Crippen molar-refractivity contribution in [3.05, 3.63) is 41.8 Å². The van der Waals surface area contributed by atoms with Gasteiger partial charge in [0.1, 0.15) is 4.21 Å². The second-order valence-electron chi connectivity index (χ2n) is 5.21. The van der Waals surface area contributed by atoms with Crippen molar-refractivity contribution >= 4 is 39.1 Å². The molecule has 0 aliphatic carbocycles. The highest BCUT2D eigenvalue weighted by atomic mass is 32.2. The second-order valence-corrected chi connectivity index (χ2v) is 8.07. The fourth-order valence-electron chi connectivity index (χ4n) is 2.45. The normalized spacial score (nSPS) is 15.5. The number of nitrogens with one attached hydrogen (secondary N) is 1. The Morgan fingerprint density at radius 2 is 1.74 bits per heavy atom. The number of amides is 1. The summed E-state index contributed by atoms with van der Waals surface area (Å²) in [5.41, 5.74) is 1.56. The molecular weight excluding hydrogens is 334 g/mol. The molecule has 1 aliphatic heterocycles. The lowest BCUT2D eigenvalue weighted by molar-refractivity contribution is -0.118. The lowest BCUT2D eigenvalue weighted by Gasteiger charge is -2.34. The lowest BCUT2D eigenvalue weighted by atomic mass is 10.2. The molecule has 1 aromatic heterocycles. The van der Waals surface area contributed by atoms with Crippen LogP contribution in [-0.2, 0) is 14.8 Å². The van der Waals surface area contributed by atoms with Crippen LogP contribution in [0.4, 0.5) is 11.4 Å². The van der Waals surface area contributed by atoms with E-state index in [0.717, 1.165) is 25.2 Å². The number of piperazine rings is 1. The van der Waals surface area contributed by atoms with Crippen molar-refractivity contribution in [2.45, 2.75) is 4.21 Å². The first-order chi connectivity index (χ1) is 11.1. The van der Waals surface area contributed by atoms with Crippen molar-refractivity contribution in [3.8, 4) is 0 Å². The van der Waals surface area contributed by atoms with Gasteiger partial charge in [0.25, 0.3) is 10.0 Å². The molecular formula is C15H17N3O3S2. The van der Waals surface area contributed by atoms with Gasteiger partial charge >= 0.3 is 0 Å². The number of nitrogens with zero attached hydrogens (tertiary/aromatic N) is 2. The molecule has 1 saturated heterocycles. The Bertz CT molecular complexity index is 750. The molecule has 0 unspecified atom stereocenters. The van der Waals surface area contributed by atoms with Gasteiger partial charge in [-0.15, -0.1) is 11.3 Å². The van der Waals surface area contributed by atoms with Gasteiger partial charge in [-0.3, -0.25) is 9.52 Å². The molecule has 23 heavy (non-hydrogen) atoms. The molecule has 1 N–H and O–H groups in total. The van der Waals surface area contributed by atoms with E-state index in [1.807, 2.05) is 12.1 Å². The van der Waals surface area contributed by atoms with Crippen LogP contribution in [0, 0.1) is 0 Å². The van der Waals surface area contributed by atoms with Gasteiger partial charge in [-0.05, 0) is 35.7 Å². The predicted octanol–water partition coefficient (Wildman–Crippen LogP) is 1.83. The van der Waals surface area contributed by atoms with Crippen LogP contribution < -0.4 is 9.62 Å². The van der Waals surface area contributed by atoms with Crippen molar-refractivity contribution in [2.75, 3.05) is 35.8 Å². The maximum absolute atomic E-state index is 12.2. The quantitative estimate of drug-likeness (QED) is 0.835. The van der Waals surface area contributed by atoms with Crippen LogP contribution in [0.25, 0.3) is 0 Å². The Hall–Kier alpha value is -2.06. The zero-order chi connectivity index (χ0) is 16.3. The Kier molecular flexibility index (Phi) is 4.53. The summed E-state index contributed by atoms with van der Waals surface area (Å²) in [5, 5.41) is 1.73. The summed E-state index contributed by atoms with van der Waals surface area (Å²) in [7, 11) is -3.51. The molecule has 2 heterocycles. The molecule has 0 bridgehead atoms. The number of carbonyl (C=O) groups is 1. The van der Waals surface area contributed by atoms with E-state index in [0.29, 0.717) is 23.0 Å². The van der Waals surface area contributed by atoms with Gasteiger partial charge in [0.05, 0.1) is 0 Å². The summed E-state index contributed by atoms with van der Waals surface area (Å²) in [6.07, 6.45) is 0.875. The van der Waals surface area contributed by atoms with E-state index in [-0.39, 0.29) is 0 Å². The summed E-state index contributed by atoms with van der Waals surface area (Å²) < 4.78 is 27.2. The predicted molar refractivity (Wildman–Crippen MR) is 91.4 cm³/mol. The van der Waals surface area contributed by atoms with Crippen molar-refractivity contribution in [1.82, 2.24) is 4.90 Å². The highest BCUT2D eigenvalue weighted by Crippen LogP contribution is 2.23. The van der Waals surface area contributed by atoms with Crippen LogP contribution in [0.2, 0.25) is 0 Å². The maximum atomic E-state index is 12.2. The monoisotopic (exact) mass is 351 g/mol. The van der Waals surface area contributed by atoms with Gasteiger partial charge < -0.3 is 9.80 Å². The Labute approximate surface area is 139 Å². The smallest absolute Gasteiger partial charge is 0.271 e. The molecule has 6 nitrogen and oxygen atoms in total. The average molecular weight is 351 g/mol. The number of rotatable bonds is 5. The molecule has 122 valence electrons. The van der Waals surface area contributed by atoms with Gasteiger partial charge in [-0.2, -0.15) is 0 Å². The van der Waals surface area contributed by atoms with Gasteiger partial charge in [0, 0.05) is 37.6 Å². The zero-order valence-electron chi connectivity index (χ0n) is 12.4. The van der Waals surface area contributed by atoms with E-state index in [1.54, 1.807) is 34.5 Å². The van der Waals surface area contributed by atoms with Crippen LogP contribution in [0.3, 0.4) is 0 Å². The van der Waals surface area contributed by atoms with Gasteiger partial charge in [0.15, 0.2) is 0 Å². The van der Waals surface area contributed by atoms with Crippen LogP contribution in [0.5, 0.6) is 0 Å². The zero-order valence-corrected chi connectivity index (χ0v) is 14.0. The van der Waals surface area contributed by atoms with Crippen LogP contribution in [-0.4, -0.2) is 45.9 Å². The number of hydrogen-bond donors (Lipinski definition) is 1. The van der Waals surface area contributed by atoms with E-state index in [4.69, 9.17) is 0 Å². The number of hydrogen-bond acceptors (Lipinski definition) is 5. The standard InChI is InChI=1S/C15H17N3O3S2/c19-12-17-7-9-18(10-8-17)14-5-3-13(4-6-14)16-23(20,21)15-2-1-11-22-15/h1-6,11-12,16H,7-10H2. The molecule has 0 radical (unpaired) electrons. The molecule has 1 amide bonds. The number of carbonyl (C=O) groups excluding carboxylic acids is 1. The second kappa shape index (κ2) is 6.59. The van der Waals surface area contributed by atoms with Crippen LogP contribution in [0.1, 0.15) is 0 Å². The summed E-state index contributed by atoms with van der Waals surface area (Å²) in [6, 6.07) is 10.6. The highest BCUT2D eigenvalue weighted by Gasteiger charge is 2.17. The number of sulfonamides is 1. The fraction of sp³-hybridized carbons (Fsp3) is 0.267. The minimum absolute atomic E-state index is 0.298. The fourth-order valence-corrected chi connectivity index (χ4v) is 4.50. The minimum atomic E-state index is -3.51. The molecule has 1 fully saturated rings. The topological polar surface area (TPSA) is 69.7 Å². The molecule has 0 spiro atoms. The van der Waals surface area contributed by atoms with Crippen molar-refractivity contribution in [2.24, 2.45) is 0 Å². The third kappa shape index (κ3) is 3.65. The molecule has 1 aromatic carbocycles. The number of benzene rings is 1. The number of thiophene rings is 1. The molecule has 0 atom stereocenters. The maximum Gasteiger partial charge on any atom is 0.271 e. The van der Waals surface area contributed by atoms with Crippen molar-refractivity contribution in [1.29, 1.82) is 0 Å². The summed E-state index contributed by atoms with van der Waals surface area (Å²) in [5.74, 6) is 0. The van der Waals surface area contributed by atoms with Crippen LogP contribution in [0.15, 0.2) is 46.0 Å². The van der Waals surface area contributed by atoms with E-state index in [2.05, 4.69) is 9.62 Å². The molecule has 1 aliphatic rings. The molecule has 8 heteroatoms. The first kappa shape index (κ1) is 15.8. The number of anilines is 2. The largest absolute Gasteiger partial charge is 0.368 e. The molecule has 0 saturated carbocycles. The van der Waals surface area contributed by atoms with Crippen LogP contribution >= 0.6 is 11.3 Å². The van der Waals surface area contributed by atoms with Gasteiger partial charge in [0.2, 0.25) is 6.41 Å². The van der Waals surface area contributed by atoms with Gasteiger partial charge in [-0.1, -0.05) is 6.07 Å². The Morgan fingerprint density at radius 3 is 2.30 bits per heavy atom. The summed E-state index contributed by atoms with van der Waals surface area (Å²) in [6.45, 7) is 2.96. The first-order valence-electron chi connectivity index (χ1n) is 7.19.